The Labute approximate surface area is 72.9 Å². The van der Waals surface area contributed by atoms with Gasteiger partial charge in [-0.2, -0.15) is 0 Å². The minimum Gasteiger partial charge on any atom is -0.870 e. The van der Waals surface area contributed by atoms with Crippen LogP contribution in [0.3, 0.4) is 0 Å². The van der Waals surface area contributed by atoms with Crippen LogP contribution in [0.1, 0.15) is 0 Å². The Balaban J connectivity index is -0.00000000167. The molecule has 30 valence electrons. The van der Waals surface area contributed by atoms with Gasteiger partial charge in [-0.1, -0.05) is 0 Å². The van der Waals surface area contributed by atoms with Crippen molar-refractivity contribution in [1.82, 2.24) is 0 Å². The summed E-state index contributed by atoms with van der Waals surface area (Å²) >= 11 is 0. The van der Waals surface area contributed by atoms with Crippen LogP contribution in [0.5, 0.6) is 0 Å². The van der Waals surface area contributed by atoms with Crippen molar-refractivity contribution < 1.29 is 62.3 Å². The molecular weight excluding hydrogens is 99.1 g/mol. The fourth-order valence-electron chi connectivity index (χ4n) is 0. The number of hydrogen-bond donors (Lipinski definition) is 2. The van der Waals surface area contributed by atoms with Crippen LogP contribution in [0.2, 0.25) is 0 Å². The second kappa shape index (κ2) is 50.3. The summed E-state index contributed by atoms with van der Waals surface area (Å²) in [5, 5.41) is 0. The minimum absolute atomic E-state index is 0. The summed E-state index contributed by atoms with van der Waals surface area (Å²) in [5.41, 5.74) is 0. The number of hydrazine groups is 1. The Kier molecular flexibility index (Phi) is 319. The number of hydrogen-bond acceptors (Lipinski definition) is 3. The van der Waals surface area contributed by atoms with E-state index in [1.807, 2.05) is 0 Å². The average Bonchev–Trinajstić information content (AvgIpc) is 1.00. The maximum atomic E-state index is 4.00. The molecule has 0 fully saturated rings. The summed E-state index contributed by atoms with van der Waals surface area (Å²) in [6.07, 6.45) is 0. The molecule has 0 amide bonds. The van der Waals surface area contributed by atoms with Gasteiger partial charge in [0.2, 0.25) is 0 Å². The fourth-order valence-corrected chi connectivity index (χ4v) is 0. The maximum Gasteiger partial charge on any atom is 1.00 e. The Morgan fingerprint density at radius 1 is 1.00 bits per heavy atom. The molecule has 0 spiro atoms. The second-order valence-electron chi connectivity index (χ2n) is 0. The van der Waals surface area contributed by atoms with Crippen LogP contribution >= 0.6 is 0 Å². The topological polar surface area (TPSA) is 114 Å². The standard InChI is InChI=1S/K.H4N2.2H2O/c;1-2;;/h;1-2H2;2*1H2/q+1;;;/p-1. The van der Waals surface area contributed by atoms with Crippen molar-refractivity contribution >= 4 is 0 Å². The van der Waals surface area contributed by atoms with Gasteiger partial charge >= 0.3 is 51.4 Å². The Morgan fingerprint density at radius 3 is 1.00 bits per heavy atom. The van der Waals surface area contributed by atoms with Crippen LogP contribution in [-0.2, 0) is 0 Å². The van der Waals surface area contributed by atoms with E-state index in [-0.39, 0.29) is 62.3 Å². The van der Waals surface area contributed by atoms with Gasteiger partial charge in [-0.15, -0.1) is 0 Å². The maximum absolute atomic E-state index is 4.00. The van der Waals surface area contributed by atoms with E-state index < -0.39 is 0 Å². The van der Waals surface area contributed by atoms with E-state index in [9.17, 15) is 0 Å². The molecule has 4 nitrogen and oxygen atoms in total. The average molecular weight is 106 g/mol. The van der Waals surface area contributed by atoms with Crippen LogP contribution in [0, 0.1) is 0 Å². The minimum atomic E-state index is 0. The van der Waals surface area contributed by atoms with Gasteiger partial charge in [-0.25, -0.2) is 0 Å². The van der Waals surface area contributed by atoms with E-state index in [0.717, 1.165) is 0 Å². The predicted molar refractivity (Wildman–Crippen MR) is 13.9 cm³/mol. The first-order valence-electron chi connectivity index (χ1n) is 0.333. The zero-order valence-corrected chi connectivity index (χ0v) is 6.23. The first-order valence-corrected chi connectivity index (χ1v) is 0.333. The molecule has 0 aliphatic carbocycles. The van der Waals surface area contributed by atoms with Gasteiger partial charge < -0.3 is 11.0 Å². The zero-order valence-electron chi connectivity index (χ0n) is 3.10. The normalized spacial score (nSPS) is 1.20. The molecule has 5 heteroatoms. The zero-order chi connectivity index (χ0) is 2.00. The molecule has 5 heavy (non-hydrogen) atoms. The number of rotatable bonds is 0. The Hall–Kier alpha value is 1.48. The van der Waals surface area contributed by atoms with Crippen molar-refractivity contribution in [3.8, 4) is 0 Å². The Bertz CT molecular complexity index is 7.61. The molecule has 0 unspecified atom stereocenters. The van der Waals surface area contributed by atoms with Crippen molar-refractivity contribution in [2.45, 2.75) is 0 Å². The van der Waals surface area contributed by atoms with Crippen LogP contribution in [0.15, 0.2) is 0 Å². The molecule has 0 aromatic heterocycles. The first-order chi connectivity index (χ1) is 1.00. The monoisotopic (exact) mass is 106 g/mol. The van der Waals surface area contributed by atoms with Crippen molar-refractivity contribution in [2.24, 2.45) is 11.7 Å². The molecule has 0 aliphatic heterocycles. The van der Waals surface area contributed by atoms with Gasteiger partial charge in [0.1, 0.15) is 0 Å². The molecule has 0 bridgehead atoms. The van der Waals surface area contributed by atoms with Gasteiger partial charge in [0, 0.05) is 0 Å². The molecule has 0 radical (unpaired) electrons. The summed E-state index contributed by atoms with van der Waals surface area (Å²) < 4.78 is 0. The van der Waals surface area contributed by atoms with E-state index in [1.54, 1.807) is 0 Å². The van der Waals surface area contributed by atoms with E-state index in [4.69, 9.17) is 0 Å². The molecule has 0 atom stereocenters. The van der Waals surface area contributed by atoms with Gasteiger partial charge in [0.25, 0.3) is 0 Å². The van der Waals surface area contributed by atoms with Crippen molar-refractivity contribution in [1.29, 1.82) is 0 Å². The third-order valence-electron chi connectivity index (χ3n) is 0. The smallest absolute Gasteiger partial charge is 0.870 e. The van der Waals surface area contributed by atoms with Gasteiger partial charge in [-0.05, 0) is 0 Å². The second-order valence-corrected chi connectivity index (χ2v) is 0. The van der Waals surface area contributed by atoms with Crippen LogP contribution < -0.4 is 63.1 Å². The molecule has 7 N–H and O–H groups in total. The quantitative estimate of drug-likeness (QED) is 0.183. The van der Waals surface area contributed by atoms with Gasteiger partial charge in [0.05, 0.1) is 0 Å². The van der Waals surface area contributed by atoms with E-state index >= 15 is 0 Å². The summed E-state index contributed by atoms with van der Waals surface area (Å²) in [4.78, 5) is 0. The van der Waals surface area contributed by atoms with E-state index in [1.165, 1.54) is 0 Å². The van der Waals surface area contributed by atoms with E-state index in [0.29, 0.717) is 0 Å². The third-order valence-corrected chi connectivity index (χ3v) is 0. The van der Waals surface area contributed by atoms with Gasteiger partial charge in [0.15, 0.2) is 0 Å². The van der Waals surface area contributed by atoms with Gasteiger partial charge in [-0.3, -0.25) is 11.7 Å². The molecule has 0 rings (SSSR count). The molecule has 0 saturated heterocycles. The predicted octanol–water partition coefficient (Wildman–Crippen LogP) is -5.18. The summed E-state index contributed by atoms with van der Waals surface area (Å²) in [7, 11) is 0. The Morgan fingerprint density at radius 2 is 1.00 bits per heavy atom. The number of nitrogens with two attached hydrogens (primary N) is 2. The van der Waals surface area contributed by atoms with Crippen molar-refractivity contribution in [2.75, 3.05) is 0 Å². The van der Waals surface area contributed by atoms with E-state index in [2.05, 4.69) is 11.7 Å². The first kappa shape index (κ1) is 31.7. The van der Waals surface area contributed by atoms with Crippen molar-refractivity contribution in [3.05, 3.63) is 0 Å². The molecule has 0 aromatic carbocycles. The van der Waals surface area contributed by atoms with Crippen LogP contribution in [0.4, 0.5) is 0 Å². The molecule has 0 saturated carbocycles. The SMILES string of the molecule is NN.O.[K+].[OH-]. The molecule has 0 aliphatic rings. The molecule has 0 heterocycles. The fraction of sp³-hybridized carbons (Fsp3) is 0. The van der Waals surface area contributed by atoms with Crippen LogP contribution in [0.25, 0.3) is 0 Å². The summed E-state index contributed by atoms with van der Waals surface area (Å²) in [5.74, 6) is 8.00. The molecule has 0 aromatic rings. The summed E-state index contributed by atoms with van der Waals surface area (Å²) in [6.45, 7) is 0. The van der Waals surface area contributed by atoms with Crippen molar-refractivity contribution in [3.63, 3.8) is 0 Å². The van der Waals surface area contributed by atoms with Crippen LogP contribution in [-0.4, -0.2) is 11.0 Å². The summed E-state index contributed by atoms with van der Waals surface area (Å²) in [6, 6.07) is 0. The largest absolute Gasteiger partial charge is 1.00 e. The molecular formula is H7KN2O2. The third kappa shape index (κ3) is 30.4.